The SMILES string of the molecule is Nc1c(Br)ncc(Cl)c1F. The molecule has 0 saturated carbocycles. The smallest absolute Gasteiger partial charge is 0.168 e. The average Bonchev–Trinajstić information content (AvgIpc) is 1.93. The molecule has 0 aliphatic rings. The van der Waals surface area contributed by atoms with E-state index in [0.29, 0.717) is 0 Å². The molecule has 0 amide bonds. The Morgan fingerprint density at radius 3 is 2.80 bits per heavy atom. The van der Waals surface area contributed by atoms with Crippen LogP contribution in [0.5, 0.6) is 0 Å². The first-order chi connectivity index (χ1) is 4.63. The van der Waals surface area contributed by atoms with E-state index in [4.69, 9.17) is 17.3 Å². The molecule has 2 nitrogen and oxygen atoms in total. The lowest BCUT2D eigenvalue weighted by molar-refractivity contribution is 0.630. The Hall–Kier alpha value is -0.350. The van der Waals surface area contributed by atoms with Gasteiger partial charge in [0.1, 0.15) is 10.3 Å². The van der Waals surface area contributed by atoms with Crippen molar-refractivity contribution in [3.05, 3.63) is 21.6 Å². The van der Waals surface area contributed by atoms with E-state index in [0.717, 1.165) is 0 Å². The van der Waals surface area contributed by atoms with Crippen molar-refractivity contribution in [1.82, 2.24) is 4.98 Å². The maximum absolute atomic E-state index is 12.7. The second kappa shape index (κ2) is 2.72. The lowest BCUT2D eigenvalue weighted by Gasteiger charge is -1.98. The molecular formula is C5H3BrClFN2. The van der Waals surface area contributed by atoms with Crippen LogP contribution in [-0.2, 0) is 0 Å². The Bertz CT molecular complexity index is 239. The minimum absolute atomic E-state index is 0.0625. The van der Waals surface area contributed by atoms with Crippen molar-refractivity contribution in [2.75, 3.05) is 5.73 Å². The highest BCUT2D eigenvalue weighted by Gasteiger charge is 2.07. The summed E-state index contributed by atoms with van der Waals surface area (Å²) in [5.41, 5.74) is 5.15. The van der Waals surface area contributed by atoms with Gasteiger partial charge in [0, 0.05) is 6.20 Å². The van der Waals surface area contributed by atoms with Crippen molar-refractivity contribution in [3.63, 3.8) is 0 Å². The molecule has 1 aromatic heterocycles. The number of hydrogen-bond acceptors (Lipinski definition) is 2. The molecule has 54 valence electrons. The van der Waals surface area contributed by atoms with Gasteiger partial charge in [-0.1, -0.05) is 11.6 Å². The first-order valence-electron chi connectivity index (χ1n) is 2.38. The molecule has 0 bridgehead atoms. The van der Waals surface area contributed by atoms with Crippen molar-refractivity contribution in [2.45, 2.75) is 0 Å². The van der Waals surface area contributed by atoms with Crippen LogP contribution in [0.4, 0.5) is 10.1 Å². The van der Waals surface area contributed by atoms with Gasteiger partial charge in [-0.3, -0.25) is 0 Å². The highest BCUT2D eigenvalue weighted by atomic mass is 79.9. The summed E-state index contributed by atoms with van der Waals surface area (Å²) in [7, 11) is 0. The molecule has 0 aromatic carbocycles. The number of nitrogens with two attached hydrogens (primary N) is 1. The Labute approximate surface area is 70.3 Å². The standard InChI is InChI=1S/C5H3BrClFN2/c6-5-4(9)3(8)2(7)1-10-5/h1H,9H2. The lowest BCUT2D eigenvalue weighted by atomic mass is 10.4. The predicted octanol–water partition coefficient (Wildman–Crippen LogP) is 2.22. The van der Waals surface area contributed by atoms with Gasteiger partial charge in [-0.05, 0) is 15.9 Å². The summed E-state index contributed by atoms with van der Waals surface area (Å²) in [6, 6.07) is 0. The zero-order valence-corrected chi connectivity index (χ0v) is 7.08. The van der Waals surface area contributed by atoms with Crippen LogP contribution in [0.3, 0.4) is 0 Å². The molecule has 1 rings (SSSR count). The minimum Gasteiger partial charge on any atom is -0.394 e. The third-order valence-corrected chi connectivity index (χ3v) is 1.86. The quantitative estimate of drug-likeness (QED) is 0.688. The average molecular weight is 225 g/mol. The first-order valence-corrected chi connectivity index (χ1v) is 3.55. The van der Waals surface area contributed by atoms with Crippen LogP contribution in [0, 0.1) is 5.82 Å². The molecule has 0 aliphatic heterocycles. The van der Waals surface area contributed by atoms with E-state index in [1.807, 2.05) is 0 Å². The molecule has 0 aliphatic carbocycles. The number of rotatable bonds is 0. The molecule has 0 radical (unpaired) electrons. The third-order valence-electron chi connectivity index (χ3n) is 0.960. The van der Waals surface area contributed by atoms with Crippen molar-refractivity contribution >= 4 is 33.2 Å². The van der Waals surface area contributed by atoms with Crippen molar-refractivity contribution < 1.29 is 4.39 Å². The van der Waals surface area contributed by atoms with E-state index in [2.05, 4.69) is 20.9 Å². The normalized spacial score (nSPS) is 9.90. The summed E-state index contributed by atoms with van der Waals surface area (Å²) in [4.78, 5) is 3.66. The molecule has 0 spiro atoms. The molecule has 1 aromatic rings. The first kappa shape index (κ1) is 7.75. The zero-order valence-electron chi connectivity index (χ0n) is 4.74. The van der Waals surface area contributed by atoms with E-state index >= 15 is 0 Å². The van der Waals surface area contributed by atoms with Gasteiger partial charge in [0.2, 0.25) is 0 Å². The molecule has 1 heterocycles. The molecular weight excluding hydrogens is 222 g/mol. The Morgan fingerprint density at radius 2 is 2.30 bits per heavy atom. The number of nitrogen functional groups attached to an aromatic ring is 1. The molecule has 0 unspecified atom stereocenters. The zero-order chi connectivity index (χ0) is 7.72. The predicted molar refractivity (Wildman–Crippen MR) is 41.3 cm³/mol. The minimum atomic E-state index is -0.636. The van der Waals surface area contributed by atoms with E-state index in [9.17, 15) is 4.39 Å². The molecule has 10 heavy (non-hydrogen) atoms. The highest BCUT2D eigenvalue weighted by molar-refractivity contribution is 9.10. The summed E-state index contributed by atoms with van der Waals surface area (Å²) >= 11 is 8.29. The number of nitrogens with zero attached hydrogens (tertiary/aromatic N) is 1. The van der Waals surface area contributed by atoms with Gasteiger partial charge in [0.15, 0.2) is 5.82 Å². The van der Waals surface area contributed by atoms with Gasteiger partial charge in [0.25, 0.3) is 0 Å². The second-order valence-corrected chi connectivity index (χ2v) is 2.78. The summed E-state index contributed by atoms with van der Waals surface area (Å²) in [6.45, 7) is 0. The van der Waals surface area contributed by atoms with Crippen molar-refractivity contribution in [2.24, 2.45) is 0 Å². The van der Waals surface area contributed by atoms with Gasteiger partial charge < -0.3 is 5.73 Å². The van der Waals surface area contributed by atoms with E-state index in [1.165, 1.54) is 6.20 Å². The Morgan fingerprint density at radius 1 is 1.70 bits per heavy atom. The number of aromatic nitrogens is 1. The van der Waals surface area contributed by atoms with Gasteiger partial charge in [-0.15, -0.1) is 0 Å². The second-order valence-electron chi connectivity index (χ2n) is 1.62. The molecule has 0 fully saturated rings. The molecule has 2 N–H and O–H groups in total. The Kier molecular flexibility index (Phi) is 2.11. The van der Waals surface area contributed by atoms with Crippen LogP contribution in [0.25, 0.3) is 0 Å². The highest BCUT2D eigenvalue weighted by Crippen LogP contribution is 2.24. The fourth-order valence-electron chi connectivity index (χ4n) is 0.459. The van der Waals surface area contributed by atoms with Crippen molar-refractivity contribution in [1.29, 1.82) is 0 Å². The maximum Gasteiger partial charge on any atom is 0.168 e. The molecule has 0 saturated heterocycles. The van der Waals surface area contributed by atoms with Crippen LogP contribution in [0.15, 0.2) is 10.8 Å². The van der Waals surface area contributed by atoms with Crippen molar-refractivity contribution in [3.8, 4) is 0 Å². The summed E-state index contributed by atoms with van der Waals surface area (Å²) in [5, 5.41) is -0.0688. The summed E-state index contributed by atoms with van der Waals surface area (Å²) < 4.78 is 12.9. The van der Waals surface area contributed by atoms with Crippen LogP contribution in [0.2, 0.25) is 5.02 Å². The maximum atomic E-state index is 12.7. The largest absolute Gasteiger partial charge is 0.394 e. The number of anilines is 1. The lowest BCUT2D eigenvalue weighted by Crippen LogP contribution is -1.94. The van der Waals surface area contributed by atoms with E-state index < -0.39 is 5.82 Å². The number of hydrogen-bond donors (Lipinski definition) is 1. The molecule has 5 heteroatoms. The van der Waals surface area contributed by atoms with Crippen LogP contribution < -0.4 is 5.73 Å². The summed E-state index contributed by atoms with van der Waals surface area (Å²) in [5.74, 6) is -0.636. The third kappa shape index (κ3) is 1.22. The van der Waals surface area contributed by atoms with E-state index in [-0.39, 0.29) is 15.3 Å². The fraction of sp³-hybridized carbons (Fsp3) is 0. The van der Waals surface area contributed by atoms with Gasteiger partial charge in [-0.2, -0.15) is 0 Å². The van der Waals surface area contributed by atoms with Gasteiger partial charge in [-0.25, -0.2) is 9.37 Å². The number of pyridine rings is 1. The van der Waals surface area contributed by atoms with E-state index in [1.54, 1.807) is 0 Å². The van der Waals surface area contributed by atoms with Crippen LogP contribution in [-0.4, -0.2) is 4.98 Å². The fourth-order valence-corrected chi connectivity index (χ4v) is 0.886. The topological polar surface area (TPSA) is 38.9 Å². The van der Waals surface area contributed by atoms with Gasteiger partial charge in [0.05, 0.1) is 5.02 Å². The van der Waals surface area contributed by atoms with Crippen LogP contribution in [0.1, 0.15) is 0 Å². The van der Waals surface area contributed by atoms with Gasteiger partial charge >= 0.3 is 0 Å². The van der Waals surface area contributed by atoms with Crippen LogP contribution >= 0.6 is 27.5 Å². The summed E-state index contributed by atoms with van der Waals surface area (Å²) in [6.07, 6.45) is 1.19. The monoisotopic (exact) mass is 224 g/mol. The molecule has 0 atom stereocenters. The number of halogens is 3. The Balaban J connectivity index is 3.34.